The van der Waals surface area contributed by atoms with Gasteiger partial charge in [0.15, 0.2) is 0 Å². The molecule has 0 saturated heterocycles. The van der Waals surface area contributed by atoms with Crippen molar-refractivity contribution in [1.82, 2.24) is 0 Å². The van der Waals surface area contributed by atoms with Gasteiger partial charge >= 0.3 is 62.3 Å². The second-order valence-electron chi connectivity index (χ2n) is 0.204. The summed E-state index contributed by atoms with van der Waals surface area (Å²) in [6, 6.07) is 0. The van der Waals surface area contributed by atoms with E-state index in [1.165, 1.54) is 0 Å². The van der Waals surface area contributed by atoms with Crippen LogP contribution < -0.4 is 0 Å². The average Bonchev–Trinajstić information content (AvgIpc) is 1.41. The van der Waals surface area contributed by atoms with Gasteiger partial charge in [0.1, 0.15) is 0 Å². The van der Waals surface area contributed by atoms with Gasteiger partial charge in [-0.25, -0.2) is 0 Å². The van der Waals surface area contributed by atoms with Gasteiger partial charge in [0.2, 0.25) is 0 Å². The van der Waals surface area contributed by atoms with Crippen LogP contribution >= 0.6 is 0 Å². The zero-order valence-corrected chi connectivity index (χ0v) is 10.6. The first-order valence-corrected chi connectivity index (χ1v) is 18.0. The fraction of sp³-hybridized carbons (Fsp3) is 0. The van der Waals surface area contributed by atoms with Crippen molar-refractivity contribution in [2.75, 3.05) is 0 Å². The Balaban J connectivity index is 2.19. The van der Waals surface area contributed by atoms with E-state index in [2.05, 4.69) is 28.4 Å². The van der Waals surface area contributed by atoms with Crippen molar-refractivity contribution in [3.05, 3.63) is 0 Å². The summed E-state index contributed by atoms with van der Waals surface area (Å²) in [6.07, 6.45) is 0. The Morgan fingerprint density at radius 1 is 1.00 bits per heavy atom. The van der Waals surface area contributed by atoms with Crippen molar-refractivity contribution in [2.45, 2.75) is 0 Å². The summed E-state index contributed by atoms with van der Waals surface area (Å²) in [7, 11) is 0. The third-order valence-corrected chi connectivity index (χ3v) is 40.5. The minimum atomic E-state index is 0.859. The summed E-state index contributed by atoms with van der Waals surface area (Å²) in [6.45, 7) is 0. The average molecular weight is 395 g/mol. The molecule has 0 aromatic rings. The molecule has 0 aliphatic heterocycles. The van der Waals surface area contributed by atoms with Crippen molar-refractivity contribution >= 4 is 62.3 Å². The molecule has 0 nitrogen and oxygen atoms in total. The van der Waals surface area contributed by atoms with Crippen molar-refractivity contribution in [2.24, 2.45) is 0 Å². The first kappa shape index (κ1) is 7.60. The van der Waals surface area contributed by atoms with Crippen LogP contribution in [0.4, 0.5) is 0 Å². The Kier molecular flexibility index (Phi) is 10.0. The van der Waals surface area contributed by atoms with Crippen LogP contribution in [0.15, 0.2) is 0 Å². The maximum absolute atomic E-state index is 3.03. The van der Waals surface area contributed by atoms with E-state index in [1.54, 1.807) is 0 Å². The van der Waals surface area contributed by atoms with Gasteiger partial charge < -0.3 is 0 Å². The fourth-order valence-electron chi connectivity index (χ4n) is 0.0113. The molecule has 0 spiro atoms. The van der Waals surface area contributed by atoms with Crippen LogP contribution in [0, 0.1) is 0 Å². The minimum absolute atomic E-state index is 0.859. The molecule has 0 atom stereocenters. The molecule has 0 rings (SSSR count). The van der Waals surface area contributed by atoms with Gasteiger partial charge in [-0.1, -0.05) is 0 Å². The van der Waals surface area contributed by atoms with Gasteiger partial charge in [0.25, 0.3) is 0 Å². The van der Waals surface area contributed by atoms with E-state index in [1.807, 2.05) is 0 Å². The predicted molar refractivity (Wildman–Crippen MR) is 28.8 cm³/mol. The third kappa shape index (κ3) is 6.60. The summed E-state index contributed by atoms with van der Waals surface area (Å²) in [4.78, 5) is 0. The summed E-state index contributed by atoms with van der Waals surface area (Å²) in [5, 5.41) is 0. The molecular formula is Se5. The molecule has 5 heavy (non-hydrogen) atoms. The molecule has 0 amide bonds. The topological polar surface area (TPSA) is 0 Å². The van der Waals surface area contributed by atoms with Crippen molar-refractivity contribution < 1.29 is 0 Å². The summed E-state index contributed by atoms with van der Waals surface area (Å²) in [5.41, 5.74) is 0. The van der Waals surface area contributed by atoms with Crippen LogP contribution in [0.5, 0.6) is 0 Å². The molecule has 0 fully saturated rings. The monoisotopic (exact) mass is 400 g/mol. The van der Waals surface area contributed by atoms with Gasteiger partial charge in [-0.05, 0) is 0 Å². The first-order valence-electron chi connectivity index (χ1n) is 0.667. The Hall–Kier alpha value is 2.60. The number of rotatable bonds is 2. The van der Waals surface area contributed by atoms with E-state index in [0.717, 1.165) is 33.9 Å². The van der Waals surface area contributed by atoms with Crippen molar-refractivity contribution in [3.8, 4) is 0 Å². The number of hydrogen-bond donors (Lipinski definition) is 0. The molecule has 0 aliphatic rings. The Bertz CT molecular complexity index is 7.51. The van der Waals surface area contributed by atoms with Gasteiger partial charge in [-0.2, -0.15) is 0 Å². The second kappa shape index (κ2) is 6.60. The van der Waals surface area contributed by atoms with E-state index in [0.29, 0.717) is 0 Å². The van der Waals surface area contributed by atoms with E-state index in [-0.39, 0.29) is 0 Å². The van der Waals surface area contributed by atoms with Crippen molar-refractivity contribution in [1.29, 1.82) is 0 Å². The molecule has 0 N–H and O–H groups in total. The molecule has 0 aromatic carbocycles. The summed E-state index contributed by atoms with van der Waals surface area (Å²) >= 11 is 8.75. The van der Waals surface area contributed by atoms with Crippen LogP contribution in [0.3, 0.4) is 0 Å². The maximum atomic E-state index is 3.03. The normalized spacial score (nSPS) is 8.40. The van der Waals surface area contributed by atoms with Gasteiger partial charge in [-0.3, -0.25) is 0 Å². The van der Waals surface area contributed by atoms with Gasteiger partial charge in [0.05, 0.1) is 0 Å². The van der Waals surface area contributed by atoms with Crippen LogP contribution in [-0.2, 0) is 0 Å². The van der Waals surface area contributed by atoms with Crippen LogP contribution in [0.2, 0.25) is 0 Å². The standard InChI is InChI=1S/Se5/c1-3-5-4-2. The Labute approximate surface area is 61.3 Å². The molecule has 0 aromatic heterocycles. The molecular weight excluding hydrogens is 395 g/mol. The zero-order valence-electron chi connectivity index (χ0n) is 2.04. The second-order valence-corrected chi connectivity index (χ2v) is 28.6. The van der Waals surface area contributed by atoms with Crippen molar-refractivity contribution in [3.63, 3.8) is 0 Å². The first-order chi connectivity index (χ1) is 2.41. The van der Waals surface area contributed by atoms with E-state index < -0.39 is 0 Å². The summed E-state index contributed by atoms with van der Waals surface area (Å²) in [5.74, 6) is 0. The SMILES string of the molecule is [Se][Se][Se][Se][Se]. The molecule has 30 valence electrons. The predicted octanol–water partition coefficient (Wildman–Crippen LogP) is -1.90. The molecule has 5 heteroatoms. The molecule has 2 radical (unpaired) electrons. The van der Waals surface area contributed by atoms with Crippen LogP contribution in [-0.4, -0.2) is 62.3 Å². The molecule has 0 bridgehead atoms. The van der Waals surface area contributed by atoms with E-state index in [4.69, 9.17) is 0 Å². The Morgan fingerprint density at radius 3 is 1.40 bits per heavy atom. The molecule has 0 saturated carbocycles. The van der Waals surface area contributed by atoms with E-state index in [9.17, 15) is 0 Å². The zero-order chi connectivity index (χ0) is 4.12. The fourth-order valence-corrected chi connectivity index (χ4v) is 43.0. The van der Waals surface area contributed by atoms with Crippen LogP contribution in [0.25, 0.3) is 0 Å². The molecule has 0 unspecified atom stereocenters. The van der Waals surface area contributed by atoms with Crippen LogP contribution in [0.1, 0.15) is 0 Å². The molecule has 0 aliphatic carbocycles. The third-order valence-electron chi connectivity index (χ3n) is 0.0556. The van der Waals surface area contributed by atoms with Gasteiger partial charge in [0, 0.05) is 0 Å². The Morgan fingerprint density at radius 2 is 1.40 bits per heavy atom. The van der Waals surface area contributed by atoms with Gasteiger partial charge in [-0.15, -0.1) is 0 Å². The van der Waals surface area contributed by atoms with E-state index >= 15 is 0 Å². The molecule has 0 heterocycles. The summed E-state index contributed by atoms with van der Waals surface area (Å²) < 4.78 is 0. The number of hydrogen-bond acceptors (Lipinski definition) is 0. The quantitative estimate of drug-likeness (QED) is 0.480.